The van der Waals surface area contributed by atoms with E-state index in [4.69, 9.17) is 19.7 Å². The fourth-order valence-electron chi connectivity index (χ4n) is 5.18. The number of pyridine rings is 1. The molecule has 2 saturated heterocycles. The first-order valence-corrected chi connectivity index (χ1v) is 12.4. The van der Waals surface area contributed by atoms with E-state index < -0.39 is 0 Å². The fraction of sp³-hybridized carbons (Fsp3) is 0.393. The van der Waals surface area contributed by atoms with Gasteiger partial charge >= 0.3 is 6.03 Å². The maximum absolute atomic E-state index is 13.1. The lowest BCUT2D eigenvalue weighted by Gasteiger charge is -2.40. The summed E-state index contributed by atoms with van der Waals surface area (Å²) in [6.07, 6.45) is 3.67. The summed E-state index contributed by atoms with van der Waals surface area (Å²) in [5.41, 5.74) is 4.42. The molecule has 1 aromatic heterocycles. The molecule has 2 aliphatic rings. The van der Waals surface area contributed by atoms with E-state index in [2.05, 4.69) is 11.0 Å². The standard InChI is InChI=1S/C28H31N5O3/c1-31(22-10-16-36-17-11-22)28(34)33-14-12-32(13-15-33)25-19-30-26-23(4-3-5-24(26)27(25)35-2)21-8-6-20(18-29)7-9-21/h3-9,19,22H,10-17H2,1-2H3. The molecular weight excluding hydrogens is 454 g/mol. The zero-order valence-corrected chi connectivity index (χ0v) is 20.8. The zero-order valence-electron chi connectivity index (χ0n) is 20.8. The Hall–Kier alpha value is -3.83. The van der Waals surface area contributed by atoms with Gasteiger partial charge in [0.15, 0.2) is 5.75 Å². The van der Waals surface area contributed by atoms with Crippen LogP contribution in [0.2, 0.25) is 0 Å². The maximum atomic E-state index is 13.1. The number of carbonyl (C=O) groups is 1. The summed E-state index contributed by atoms with van der Waals surface area (Å²) in [5, 5.41) is 10.1. The Kier molecular flexibility index (Phi) is 6.92. The molecule has 0 N–H and O–H groups in total. The van der Waals surface area contributed by atoms with Crippen LogP contribution in [0.25, 0.3) is 22.0 Å². The minimum absolute atomic E-state index is 0.0946. The fourth-order valence-corrected chi connectivity index (χ4v) is 5.18. The van der Waals surface area contributed by atoms with Crippen LogP contribution < -0.4 is 9.64 Å². The van der Waals surface area contributed by atoms with E-state index in [0.29, 0.717) is 31.7 Å². The van der Waals surface area contributed by atoms with Crippen molar-refractivity contribution in [3.8, 4) is 22.9 Å². The van der Waals surface area contributed by atoms with Crippen LogP contribution in [0.15, 0.2) is 48.7 Å². The van der Waals surface area contributed by atoms with Crippen molar-refractivity contribution in [1.82, 2.24) is 14.8 Å². The van der Waals surface area contributed by atoms with Gasteiger partial charge in [0.2, 0.25) is 0 Å². The molecular formula is C28H31N5O3. The Balaban J connectivity index is 1.35. The number of para-hydroxylation sites is 1. The molecule has 8 nitrogen and oxygen atoms in total. The molecule has 0 atom stereocenters. The number of urea groups is 1. The van der Waals surface area contributed by atoms with E-state index in [1.807, 2.05) is 65.5 Å². The van der Waals surface area contributed by atoms with E-state index >= 15 is 0 Å². The van der Waals surface area contributed by atoms with Crippen molar-refractivity contribution in [2.45, 2.75) is 18.9 Å². The number of hydrogen-bond acceptors (Lipinski definition) is 6. The minimum Gasteiger partial charge on any atom is -0.494 e. The number of rotatable bonds is 4. The van der Waals surface area contributed by atoms with E-state index in [1.165, 1.54) is 0 Å². The molecule has 0 unspecified atom stereocenters. The Bertz CT molecular complexity index is 1270. The predicted molar refractivity (Wildman–Crippen MR) is 139 cm³/mol. The molecule has 2 fully saturated rings. The number of methoxy groups -OCH3 is 1. The highest BCUT2D eigenvalue weighted by Gasteiger charge is 2.29. The first kappa shape index (κ1) is 23.9. The van der Waals surface area contributed by atoms with Crippen LogP contribution in [0.4, 0.5) is 10.5 Å². The van der Waals surface area contributed by atoms with Gasteiger partial charge in [0.25, 0.3) is 0 Å². The Morgan fingerprint density at radius 1 is 1.11 bits per heavy atom. The Morgan fingerprint density at radius 3 is 2.50 bits per heavy atom. The number of piperazine rings is 1. The monoisotopic (exact) mass is 485 g/mol. The lowest BCUT2D eigenvalue weighted by atomic mass is 10.00. The molecule has 5 rings (SSSR count). The number of nitriles is 1. The average Bonchev–Trinajstić information content (AvgIpc) is 2.96. The van der Waals surface area contributed by atoms with Gasteiger partial charge in [0.05, 0.1) is 36.1 Å². The van der Waals surface area contributed by atoms with Gasteiger partial charge in [-0.25, -0.2) is 4.79 Å². The number of hydrogen-bond donors (Lipinski definition) is 0. The summed E-state index contributed by atoms with van der Waals surface area (Å²) >= 11 is 0. The van der Waals surface area contributed by atoms with Crippen molar-refractivity contribution in [3.63, 3.8) is 0 Å². The molecule has 2 amide bonds. The molecule has 36 heavy (non-hydrogen) atoms. The molecule has 3 heterocycles. The summed E-state index contributed by atoms with van der Waals surface area (Å²) < 4.78 is 11.4. The second-order valence-electron chi connectivity index (χ2n) is 9.28. The summed E-state index contributed by atoms with van der Waals surface area (Å²) in [6, 6.07) is 16.1. The number of carbonyl (C=O) groups excluding carboxylic acids is 1. The lowest BCUT2D eigenvalue weighted by Crippen LogP contribution is -2.54. The molecule has 2 aromatic carbocycles. The lowest BCUT2D eigenvalue weighted by molar-refractivity contribution is 0.0461. The van der Waals surface area contributed by atoms with Gasteiger partial charge in [-0.3, -0.25) is 4.98 Å². The molecule has 0 saturated carbocycles. The normalized spacial score (nSPS) is 16.6. The molecule has 8 heteroatoms. The molecule has 0 aliphatic carbocycles. The van der Waals surface area contributed by atoms with Crippen LogP contribution in [0.1, 0.15) is 18.4 Å². The quantitative estimate of drug-likeness (QED) is 0.553. The molecule has 3 aromatic rings. The van der Waals surface area contributed by atoms with Gasteiger partial charge in [0.1, 0.15) is 0 Å². The number of amides is 2. The van der Waals surface area contributed by atoms with E-state index in [1.54, 1.807) is 7.11 Å². The Labute approximate surface area is 211 Å². The summed E-state index contributed by atoms with van der Waals surface area (Å²) in [4.78, 5) is 24.0. The third-order valence-electron chi connectivity index (χ3n) is 7.29. The first-order valence-electron chi connectivity index (χ1n) is 12.4. The highest BCUT2D eigenvalue weighted by molar-refractivity contribution is 5.99. The van der Waals surface area contributed by atoms with Gasteiger partial charge in [-0.05, 0) is 36.6 Å². The van der Waals surface area contributed by atoms with Gasteiger partial charge < -0.3 is 24.2 Å². The van der Waals surface area contributed by atoms with E-state index in [-0.39, 0.29) is 12.1 Å². The van der Waals surface area contributed by atoms with Gasteiger partial charge in [-0.2, -0.15) is 5.26 Å². The van der Waals surface area contributed by atoms with Crippen molar-refractivity contribution in [3.05, 3.63) is 54.2 Å². The highest BCUT2D eigenvalue weighted by atomic mass is 16.5. The smallest absolute Gasteiger partial charge is 0.320 e. The van der Waals surface area contributed by atoms with Gasteiger partial charge in [-0.15, -0.1) is 0 Å². The minimum atomic E-state index is 0.0946. The number of fused-ring (bicyclic) bond motifs is 1. The largest absolute Gasteiger partial charge is 0.494 e. The third kappa shape index (κ3) is 4.54. The molecule has 0 spiro atoms. The van der Waals surface area contributed by atoms with Crippen LogP contribution in [0.3, 0.4) is 0 Å². The summed E-state index contributed by atoms with van der Waals surface area (Å²) in [6.45, 7) is 4.17. The van der Waals surface area contributed by atoms with Crippen LogP contribution in [-0.4, -0.2) is 80.4 Å². The first-order chi connectivity index (χ1) is 17.6. The maximum Gasteiger partial charge on any atom is 0.320 e. The van der Waals surface area contributed by atoms with Crippen molar-refractivity contribution in [1.29, 1.82) is 5.26 Å². The van der Waals surface area contributed by atoms with Gasteiger partial charge in [0, 0.05) is 63.4 Å². The topological polar surface area (TPSA) is 81.9 Å². The number of ether oxygens (including phenoxy) is 2. The highest BCUT2D eigenvalue weighted by Crippen LogP contribution is 2.38. The molecule has 186 valence electrons. The summed E-state index contributed by atoms with van der Waals surface area (Å²) in [7, 11) is 3.60. The number of anilines is 1. The predicted octanol–water partition coefficient (Wildman–Crippen LogP) is 4.13. The van der Waals surface area contributed by atoms with Gasteiger partial charge in [-0.1, -0.05) is 24.3 Å². The molecule has 0 bridgehead atoms. The van der Waals surface area contributed by atoms with Crippen LogP contribution in [0.5, 0.6) is 5.75 Å². The summed E-state index contributed by atoms with van der Waals surface area (Å²) in [5.74, 6) is 0.787. The number of benzene rings is 2. The molecule has 0 radical (unpaired) electrons. The second-order valence-corrected chi connectivity index (χ2v) is 9.28. The zero-order chi connectivity index (χ0) is 25.1. The Morgan fingerprint density at radius 2 is 1.83 bits per heavy atom. The van der Waals surface area contributed by atoms with Crippen LogP contribution in [0, 0.1) is 11.3 Å². The van der Waals surface area contributed by atoms with Crippen molar-refractivity contribution >= 4 is 22.6 Å². The van der Waals surface area contributed by atoms with Crippen molar-refractivity contribution in [2.24, 2.45) is 0 Å². The SMILES string of the molecule is COc1c(N2CCN(C(=O)N(C)C3CCOCC3)CC2)cnc2c(-c3ccc(C#N)cc3)cccc12. The van der Waals surface area contributed by atoms with Crippen LogP contribution in [-0.2, 0) is 4.74 Å². The third-order valence-corrected chi connectivity index (χ3v) is 7.29. The van der Waals surface area contributed by atoms with E-state index in [9.17, 15) is 4.79 Å². The van der Waals surface area contributed by atoms with Crippen molar-refractivity contribution < 1.29 is 14.3 Å². The molecule has 2 aliphatic heterocycles. The second kappa shape index (κ2) is 10.4. The number of nitrogens with zero attached hydrogens (tertiary/aromatic N) is 5. The van der Waals surface area contributed by atoms with Crippen molar-refractivity contribution in [2.75, 3.05) is 58.5 Å². The average molecular weight is 486 g/mol. The van der Waals surface area contributed by atoms with Crippen LogP contribution >= 0.6 is 0 Å². The number of aromatic nitrogens is 1. The van der Waals surface area contributed by atoms with E-state index in [0.717, 1.165) is 59.5 Å².